The van der Waals surface area contributed by atoms with E-state index >= 15 is 4.39 Å². The minimum absolute atomic E-state index is 0.0506. The molecule has 13 nitrogen and oxygen atoms in total. The van der Waals surface area contributed by atoms with E-state index < -0.39 is 29.2 Å². The highest BCUT2D eigenvalue weighted by molar-refractivity contribution is 6.34. The van der Waals surface area contributed by atoms with E-state index in [1.54, 1.807) is 0 Å². The molecule has 0 saturated carbocycles. The first kappa shape index (κ1) is 31.9. The molecule has 6 bridgehead atoms. The fraction of sp³-hybridized carbons (Fsp3) is 0.515. The number of halogens is 3. The van der Waals surface area contributed by atoms with Crippen molar-refractivity contribution in [3.63, 3.8) is 0 Å². The number of carbonyl (C=O) groups excluding carboxylic acids is 2. The van der Waals surface area contributed by atoms with Crippen molar-refractivity contribution in [2.24, 2.45) is 0 Å². The number of carbonyl (C=O) groups is 2. The molecule has 49 heavy (non-hydrogen) atoms. The molecule has 9 rings (SSSR count). The zero-order valence-electron chi connectivity index (χ0n) is 27.1. The number of hydrogen-bond donors (Lipinski definition) is 1. The molecule has 1 aromatic carbocycles. The number of piperidine rings is 1. The second-order valence-corrected chi connectivity index (χ2v) is 14.0. The van der Waals surface area contributed by atoms with Crippen LogP contribution in [-0.2, 0) is 4.74 Å². The molecule has 258 valence electrons. The molecule has 5 aliphatic rings. The van der Waals surface area contributed by atoms with Crippen LogP contribution < -0.4 is 19.7 Å². The lowest BCUT2D eigenvalue weighted by Crippen LogP contribution is -2.57. The van der Waals surface area contributed by atoms with E-state index in [4.69, 9.17) is 30.8 Å². The number of ether oxygens (including phenoxy) is 3. The van der Waals surface area contributed by atoms with Crippen molar-refractivity contribution in [1.29, 1.82) is 0 Å². The van der Waals surface area contributed by atoms with Crippen LogP contribution in [0.4, 0.5) is 19.4 Å². The summed E-state index contributed by atoms with van der Waals surface area (Å²) in [5, 5.41) is 7.96. The van der Waals surface area contributed by atoms with Crippen LogP contribution >= 0.6 is 11.6 Å². The van der Waals surface area contributed by atoms with Crippen LogP contribution in [-0.4, -0.2) is 105 Å². The fourth-order valence-corrected chi connectivity index (χ4v) is 8.23. The maximum absolute atomic E-state index is 17.1. The number of amides is 1. The van der Waals surface area contributed by atoms with Gasteiger partial charge in [-0.15, -0.1) is 0 Å². The highest BCUT2D eigenvalue weighted by Gasteiger charge is 2.49. The number of rotatable bonds is 3. The third kappa shape index (κ3) is 5.46. The van der Waals surface area contributed by atoms with Gasteiger partial charge in [0.25, 0.3) is 0 Å². The average Bonchev–Trinajstić information content (AvgIpc) is 3.74. The van der Waals surface area contributed by atoms with Crippen molar-refractivity contribution in [1.82, 2.24) is 34.9 Å². The zero-order chi connectivity index (χ0) is 34.1. The second kappa shape index (κ2) is 11.9. The minimum Gasteiger partial charge on any atom is -0.488 e. The zero-order valence-corrected chi connectivity index (χ0v) is 27.9. The van der Waals surface area contributed by atoms with Crippen molar-refractivity contribution in [2.45, 2.75) is 63.2 Å². The van der Waals surface area contributed by atoms with Gasteiger partial charge in [0.2, 0.25) is 5.91 Å². The Morgan fingerprint density at radius 1 is 1.16 bits per heavy atom. The topological polar surface area (TPSA) is 137 Å². The van der Waals surface area contributed by atoms with Gasteiger partial charge in [-0.1, -0.05) is 11.6 Å². The molecule has 16 heteroatoms. The molecule has 0 unspecified atom stereocenters. The van der Waals surface area contributed by atoms with Gasteiger partial charge in [-0.05, 0) is 45.2 Å². The van der Waals surface area contributed by atoms with Gasteiger partial charge in [-0.25, -0.2) is 18.3 Å². The van der Waals surface area contributed by atoms with Crippen LogP contribution in [0.25, 0.3) is 33.1 Å². The number of hydrogen-bond acceptors (Lipinski definition) is 11. The monoisotopic (exact) mass is 696 g/mol. The van der Waals surface area contributed by atoms with E-state index in [1.807, 2.05) is 11.8 Å². The number of fused-ring (bicyclic) bond motifs is 8. The minimum atomic E-state index is -0.946. The lowest BCUT2D eigenvalue weighted by molar-refractivity contribution is 0.0926. The molecule has 4 aromatic rings. The van der Waals surface area contributed by atoms with Gasteiger partial charge in [0.15, 0.2) is 5.82 Å². The predicted octanol–water partition coefficient (Wildman–Crippen LogP) is 4.93. The summed E-state index contributed by atoms with van der Waals surface area (Å²) >= 11 is 6.72. The quantitative estimate of drug-likeness (QED) is 0.312. The van der Waals surface area contributed by atoms with E-state index in [0.29, 0.717) is 61.0 Å². The van der Waals surface area contributed by atoms with Crippen LogP contribution in [0, 0.1) is 5.82 Å². The normalized spacial score (nSPS) is 25.7. The Balaban J connectivity index is 1.32. The van der Waals surface area contributed by atoms with Gasteiger partial charge in [0.1, 0.15) is 48.8 Å². The Kier molecular flexibility index (Phi) is 7.74. The summed E-state index contributed by atoms with van der Waals surface area (Å²) in [6, 6.07) is 1.45. The van der Waals surface area contributed by atoms with Crippen LogP contribution in [0.5, 0.6) is 11.8 Å². The summed E-state index contributed by atoms with van der Waals surface area (Å²) in [7, 11) is 0. The maximum Gasteiger partial charge on any atom is 0.407 e. The molecule has 0 spiro atoms. The Labute approximate surface area is 284 Å². The molecule has 3 fully saturated rings. The summed E-state index contributed by atoms with van der Waals surface area (Å²) in [6.07, 6.45) is 4.81. The molecule has 1 amide bonds. The van der Waals surface area contributed by atoms with E-state index in [1.165, 1.54) is 25.4 Å². The van der Waals surface area contributed by atoms with Gasteiger partial charge in [0.05, 0.1) is 38.8 Å². The smallest absolute Gasteiger partial charge is 0.407 e. The first-order chi connectivity index (χ1) is 23.5. The molecule has 8 heterocycles. The first-order valence-electron chi connectivity index (χ1n) is 16.5. The fourth-order valence-electron chi connectivity index (χ4n) is 7.98. The summed E-state index contributed by atoms with van der Waals surface area (Å²) < 4.78 is 50.6. The van der Waals surface area contributed by atoms with Crippen molar-refractivity contribution < 1.29 is 32.6 Å². The second-order valence-electron chi connectivity index (χ2n) is 13.6. The van der Waals surface area contributed by atoms with Crippen molar-refractivity contribution in [3.05, 3.63) is 29.3 Å². The SMILES string of the molecule is CC(=O)n1ncc2c3c(c(Cl)cc21)OCCOC(=O)N[C@]1(C)CCCN(C1)c1nc(OC[C@@]24CCCN2C[C@H](F)C4)nc2c(F)c-3ncc12. The number of alkyl halides is 1. The molecule has 0 aliphatic carbocycles. The van der Waals surface area contributed by atoms with Crippen LogP contribution in [0.3, 0.4) is 0 Å². The first-order valence-corrected chi connectivity index (χ1v) is 16.8. The highest BCUT2D eigenvalue weighted by Crippen LogP contribution is 2.45. The third-order valence-electron chi connectivity index (χ3n) is 10.2. The summed E-state index contributed by atoms with van der Waals surface area (Å²) in [4.78, 5) is 43.4. The Morgan fingerprint density at radius 2 is 1.98 bits per heavy atom. The number of benzene rings is 1. The summed E-state index contributed by atoms with van der Waals surface area (Å²) in [5.74, 6) is -0.698. The number of nitrogens with one attached hydrogen (secondary N) is 1. The van der Waals surface area contributed by atoms with Gasteiger partial charge in [-0.2, -0.15) is 15.1 Å². The summed E-state index contributed by atoms with van der Waals surface area (Å²) in [5.41, 5.74) is -0.880. The average molecular weight is 697 g/mol. The van der Waals surface area contributed by atoms with Gasteiger partial charge < -0.3 is 24.4 Å². The largest absolute Gasteiger partial charge is 0.488 e. The highest BCUT2D eigenvalue weighted by atomic mass is 35.5. The molecular formula is C33H35ClF2N8O5. The Morgan fingerprint density at radius 3 is 2.82 bits per heavy atom. The maximum atomic E-state index is 17.1. The van der Waals surface area contributed by atoms with Crippen molar-refractivity contribution in [3.8, 4) is 23.0 Å². The summed E-state index contributed by atoms with van der Waals surface area (Å²) in [6.45, 7) is 5.26. The predicted molar refractivity (Wildman–Crippen MR) is 176 cm³/mol. The van der Waals surface area contributed by atoms with Crippen molar-refractivity contribution in [2.75, 3.05) is 50.9 Å². The third-order valence-corrected chi connectivity index (χ3v) is 10.4. The van der Waals surface area contributed by atoms with Gasteiger partial charge in [0, 0.05) is 44.6 Å². The number of pyridine rings is 1. The number of nitrogens with zero attached hydrogens (tertiary/aromatic N) is 7. The van der Waals surface area contributed by atoms with Crippen LogP contribution in [0.15, 0.2) is 18.5 Å². The molecule has 3 aromatic heterocycles. The van der Waals surface area contributed by atoms with E-state index in [2.05, 4.69) is 25.3 Å². The number of aromatic nitrogens is 5. The standard InChI is InChI=1S/C33H35ClF2N8O5/c1-18(45)44-23-11-22(34)28-24(20(23)14-38-44)27-25(36)26-21(13-37-27)29(42-7-3-5-32(2,16-42)41-31(46)48-10-9-47-28)40-30(39-26)49-17-33-6-4-8-43(33)15-19(35)12-33/h11,13-14,19H,3-10,12,15-17H2,1-2H3,(H,41,46)/t19-,32-,33+/m1/s1. The number of alkyl carbamates (subject to hydrolysis) is 1. The molecular weight excluding hydrogens is 662 g/mol. The Bertz CT molecular complexity index is 2010. The molecule has 5 aliphatic heterocycles. The van der Waals surface area contributed by atoms with Crippen LogP contribution in [0.1, 0.15) is 50.7 Å². The van der Waals surface area contributed by atoms with E-state index in [9.17, 15) is 14.0 Å². The van der Waals surface area contributed by atoms with E-state index in [-0.39, 0.29) is 59.3 Å². The Hall–Kier alpha value is -4.37. The molecule has 3 atom stereocenters. The van der Waals surface area contributed by atoms with E-state index in [0.717, 1.165) is 24.1 Å². The van der Waals surface area contributed by atoms with Crippen molar-refractivity contribution >= 4 is 51.2 Å². The van der Waals surface area contributed by atoms with Gasteiger partial charge >= 0.3 is 12.1 Å². The molecule has 1 N–H and O–H groups in total. The number of anilines is 1. The van der Waals surface area contributed by atoms with Gasteiger partial charge in [-0.3, -0.25) is 14.7 Å². The molecule has 3 saturated heterocycles. The lowest BCUT2D eigenvalue weighted by atomic mass is 9.91. The molecule has 0 radical (unpaired) electrons. The lowest BCUT2D eigenvalue weighted by Gasteiger charge is -2.41. The van der Waals surface area contributed by atoms with Crippen LogP contribution in [0.2, 0.25) is 5.02 Å².